The second-order valence-electron chi connectivity index (χ2n) is 6.91. The summed E-state index contributed by atoms with van der Waals surface area (Å²) in [5.74, 6) is 2.12. The largest absolute Gasteiger partial charge is 0.454 e. The van der Waals surface area contributed by atoms with Crippen molar-refractivity contribution in [3.63, 3.8) is 0 Å². The summed E-state index contributed by atoms with van der Waals surface area (Å²) < 4.78 is 10.7. The zero-order valence-electron chi connectivity index (χ0n) is 16.1. The molecule has 4 aromatic rings. The van der Waals surface area contributed by atoms with Crippen LogP contribution in [0.4, 0.5) is 0 Å². The predicted octanol–water partition coefficient (Wildman–Crippen LogP) is 4.51. The maximum atomic E-state index is 12.5. The van der Waals surface area contributed by atoms with E-state index in [1.165, 1.54) is 0 Å². The molecule has 3 aromatic carbocycles. The minimum atomic E-state index is -0.107. The number of hydrogen-bond acceptors (Lipinski definition) is 5. The van der Waals surface area contributed by atoms with E-state index in [2.05, 4.69) is 15.3 Å². The van der Waals surface area contributed by atoms with Gasteiger partial charge in [0.2, 0.25) is 6.79 Å². The molecular weight excluding hydrogens is 398 g/mol. The molecule has 0 spiro atoms. The first-order valence-corrected chi connectivity index (χ1v) is 10.6. The first-order chi connectivity index (χ1) is 14.7. The van der Waals surface area contributed by atoms with Crippen molar-refractivity contribution in [2.24, 2.45) is 0 Å². The average Bonchev–Trinajstić information content (AvgIpc) is 3.42. The van der Waals surface area contributed by atoms with Crippen LogP contribution in [0.3, 0.4) is 0 Å². The van der Waals surface area contributed by atoms with Gasteiger partial charge in [-0.15, -0.1) is 0 Å². The van der Waals surface area contributed by atoms with Crippen molar-refractivity contribution in [3.05, 3.63) is 83.4 Å². The van der Waals surface area contributed by atoms with E-state index in [0.29, 0.717) is 17.9 Å². The second kappa shape index (κ2) is 8.12. The first-order valence-electron chi connectivity index (χ1n) is 9.58. The molecule has 150 valence electrons. The van der Waals surface area contributed by atoms with Crippen LogP contribution >= 0.6 is 11.8 Å². The fourth-order valence-electron chi connectivity index (χ4n) is 3.24. The van der Waals surface area contributed by atoms with E-state index in [9.17, 15) is 4.79 Å². The molecule has 1 aliphatic heterocycles. The zero-order chi connectivity index (χ0) is 20.3. The lowest BCUT2D eigenvalue weighted by molar-refractivity contribution is 0.0951. The number of carbonyl (C=O) groups excluding carboxylic acids is 1. The highest BCUT2D eigenvalue weighted by Crippen LogP contribution is 2.32. The number of nitrogens with zero attached hydrogens (tertiary/aromatic N) is 1. The summed E-state index contributed by atoms with van der Waals surface area (Å²) in [5.41, 5.74) is 4.73. The Hall–Kier alpha value is -3.45. The molecule has 1 aliphatic rings. The molecule has 6 nitrogen and oxygen atoms in total. The quantitative estimate of drug-likeness (QED) is 0.451. The molecule has 7 heteroatoms. The van der Waals surface area contributed by atoms with Gasteiger partial charge in [-0.1, -0.05) is 42.1 Å². The van der Waals surface area contributed by atoms with Crippen LogP contribution < -0.4 is 14.8 Å². The number of fused-ring (bicyclic) bond motifs is 2. The molecule has 0 radical (unpaired) electrons. The monoisotopic (exact) mass is 417 g/mol. The Morgan fingerprint density at radius 2 is 1.80 bits per heavy atom. The highest BCUT2D eigenvalue weighted by atomic mass is 32.2. The van der Waals surface area contributed by atoms with Crippen LogP contribution in [0.15, 0.2) is 71.9 Å². The minimum absolute atomic E-state index is 0.107. The number of carbonyl (C=O) groups is 1. The molecule has 0 bridgehead atoms. The maximum Gasteiger partial charge on any atom is 0.251 e. The first kappa shape index (κ1) is 18.6. The van der Waals surface area contributed by atoms with Gasteiger partial charge >= 0.3 is 0 Å². The fraction of sp³-hybridized carbons (Fsp3) is 0.130. The van der Waals surface area contributed by atoms with Crippen LogP contribution in [0.25, 0.3) is 11.0 Å². The molecule has 2 N–H and O–H groups in total. The number of thioether (sulfide) groups is 1. The summed E-state index contributed by atoms with van der Waals surface area (Å²) >= 11 is 1.64. The number of hydrogen-bond donors (Lipinski definition) is 2. The Bertz CT molecular complexity index is 1170. The van der Waals surface area contributed by atoms with Gasteiger partial charge < -0.3 is 19.8 Å². The Morgan fingerprint density at radius 1 is 1.00 bits per heavy atom. The van der Waals surface area contributed by atoms with Crippen molar-refractivity contribution in [2.75, 3.05) is 6.79 Å². The topological polar surface area (TPSA) is 76.2 Å². The molecule has 30 heavy (non-hydrogen) atoms. The highest BCUT2D eigenvalue weighted by Gasteiger charge is 2.13. The van der Waals surface area contributed by atoms with Crippen molar-refractivity contribution in [2.45, 2.75) is 17.5 Å². The van der Waals surface area contributed by atoms with Gasteiger partial charge in [-0.05, 0) is 47.5 Å². The van der Waals surface area contributed by atoms with E-state index in [4.69, 9.17) is 9.47 Å². The van der Waals surface area contributed by atoms with E-state index in [0.717, 1.165) is 38.8 Å². The Kier molecular flexibility index (Phi) is 5.03. The summed E-state index contributed by atoms with van der Waals surface area (Å²) in [6.45, 7) is 0.672. The van der Waals surface area contributed by atoms with Crippen LogP contribution in [0.1, 0.15) is 21.5 Å². The maximum absolute atomic E-state index is 12.5. The summed E-state index contributed by atoms with van der Waals surface area (Å²) in [6.07, 6.45) is 0. The van der Waals surface area contributed by atoms with Crippen molar-refractivity contribution in [3.8, 4) is 11.5 Å². The number of H-pyrrole nitrogens is 1. The van der Waals surface area contributed by atoms with Crippen molar-refractivity contribution >= 4 is 28.7 Å². The molecule has 0 unspecified atom stereocenters. The van der Waals surface area contributed by atoms with Gasteiger partial charge in [-0.3, -0.25) is 4.79 Å². The van der Waals surface area contributed by atoms with Crippen LogP contribution in [0, 0.1) is 0 Å². The summed E-state index contributed by atoms with van der Waals surface area (Å²) in [6, 6.07) is 21.3. The lowest BCUT2D eigenvalue weighted by Gasteiger charge is -2.07. The van der Waals surface area contributed by atoms with Crippen LogP contribution in [0.5, 0.6) is 11.5 Å². The zero-order valence-corrected chi connectivity index (χ0v) is 16.9. The van der Waals surface area contributed by atoms with E-state index in [-0.39, 0.29) is 12.7 Å². The third kappa shape index (κ3) is 3.97. The van der Waals surface area contributed by atoms with Gasteiger partial charge in [0, 0.05) is 17.9 Å². The summed E-state index contributed by atoms with van der Waals surface area (Å²) in [7, 11) is 0. The standard InChI is InChI=1S/C23H19N3O3S/c27-22(24-12-16-7-10-20-21(11-16)29-14-28-20)17-8-5-15(6-9-17)13-30-23-25-18-3-1-2-4-19(18)26-23/h1-11H,12-14H2,(H,24,27)(H,25,26). The number of nitrogens with one attached hydrogen (secondary N) is 2. The van der Waals surface area contributed by atoms with Crippen LogP contribution in [-0.4, -0.2) is 22.7 Å². The van der Waals surface area contributed by atoms with Crippen molar-refractivity contribution < 1.29 is 14.3 Å². The van der Waals surface area contributed by atoms with E-state index < -0.39 is 0 Å². The molecule has 2 heterocycles. The lowest BCUT2D eigenvalue weighted by atomic mass is 10.1. The number of imidazole rings is 1. The van der Waals surface area contributed by atoms with Gasteiger partial charge in [0.25, 0.3) is 5.91 Å². The second-order valence-corrected chi connectivity index (χ2v) is 7.88. The lowest BCUT2D eigenvalue weighted by Crippen LogP contribution is -2.22. The number of rotatable bonds is 6. The minimum Gasteiger partial charge on any atom is -0.454 e. The Balaban J connectivity index is 1.16. The summed E-state index contributed by atoms with van der Waals surface area (Å²) in [4.78, 5) is 20.3. The average molecular weight is 417 g/mol. The van der Waals surface area contributed by atoms with E-state index >= 15 is 0 Å². The Labute approximate surface area is 177 Å². The molecule has 1 amide bonds. The molecule has 0 atom stereocenters. The normalized spacial score (nSPS) is 12.3. The number of ether oxygens (including phenoxy) is 2. The van der Waals surface area contributed by atoms with E-state index in [1.807, 2.05) is 66.7 Å². The number of amides is 1. The van der Waals surface area contributed by atoms with Gasteiger partial charge in [0.05, 0.1) is 11.0 Å². The number of para-hydroxylation sites is 2. The van der Waals surface area contributed by atoms with Crippen LogP contribution in [0.2, 0.25) is 0 Å². The van der Waals surface area contributed by atoms with Crippen molar-refractivity contribution in [1.29, 1.82) is 0 Å². The number of aromatic nitrogens is 2. The third-order valence-corrected chi connectivity index (χ3v) is 5.79. The van der Waals surface area contributed by atoms with Gasteiger partial charge in [0.15, 0.2) is 16.7 Å². The van der Waals surface area contributed by atoms with Gasteiger partial charge in [0.1, 0.15) is 0 Å². The molecular formula is C23H19N3O3S. The van der Waals surface area contributed by atoms with E-state index in [1.54, 1.807) is 11.8 Å². The molecule has 0 saturated heterocycles. The molecule has 0 fully saturated rings. The Morgan fingerprint density at radius 3 is 2.67 bits per heavy atom. The highest BCUT2D eigenvalue weighted by molar-refractivity contribution is 7.98. The van der Waals surface area contributed by atoms with Gasteiger partial charge in [-0.25, -0.2) is 4.98 Å². The molecule has 1 aromatic heterocycles. The summed E-state index contributed by atoms with van der Waals surface area (Å²) in [5, 5.41) is 3.83. The molecule has 5 rings (SSSR count). The van der Waals surface area contributed by atoms with Crippen molar-refractivity contribution in [1.82, 2.24) is 15.3 Å². The van der Waals surface area contributed by atoms with Crippen LogP contribution in [-0.2, 0) is 12.3 Å². The third-order valence-electron chi connectivity index (χ3n) is 4.85. The smallest absolute Gasteiger partial charge is 0.251 e. The number of aromatic amines is 1. The molecule has 0 saturated carbocycles. The van der Waals surface area contributed by atoms with Gasteiger partial charge in [-0.2, -0.15) is 0 Å². The molecule has 0 aliphatic carbocycles. The predicted molar refractivity (Wildman–Crippen MR) is 116 cm³/mol. The SMILES string of the molecule is O=C(NCc1ccc2c(c1)OCO2)c1ccc(CSc2nc3ccccc3[nH]2)cc1. The number of benzene rings is 3. The fourth-order valence-corrected chi connectivity index (χ4v) is 4.08.